The van der Waals surface area contributed by atoms with Gasteiger partial charge in [-0.25, -0.2) is 4.98 Å². The van der Waals surface area contributed by atoms with Crippen LogP contribution in [0.25, 0.3) is 22.4 Å². The number of benzene rings is 2. The van der Waals surface area contributed by atoms with E-state index in [4.69, 9.17) is 14.5 Å². The van der Waals surface area contributed by atoms with Crippen LogP contribution in [0.3, 0.4) is 0 Å². The summed E-state index contributed by atoms with van der Waals surface area (Å²) in [6, 6.07) is 12.2. The van der Waals surface area contributed by atoms with E-state index in [1.807, 2.05) is 43.5 Å². The molecule has 3 aromatic rings. The van der Waals surface area contributed by atoms with E-state index in [1.54, 1.807) is 18.2 Å². The Balaban J connectivity index is 1.95. The molecule has 2 heterocycles. The molecule has 1 fully saturated rings. The van der Waals surface area contributed by atoms with Crippen LogP contribution in [0.1, 0.15) is 32.6 Å². The van der Waals surface area contributed by atoms with Crippen molar-refractivity contribution in [1.82, 2.24) is 9.55 Å². The van der Waals surface area contributed by atoms with Gasteiger partial charge in [-0.1, -0.05) is 45.0 Å². The number of aliphatic hydroxyl groups is 1. The van der Waals surface area contributed by atoms with Crippen LogP contribution in [0.4, 0.5) is 5.69 Å². The van der Waals surface area contributed by atoms with E-state index in [0.717, 1.165) is 11.1 Å². The molecule has 8 nitrogen and oxygen atoms in total. The molecule has 0 amide bonds. The van der Waals surface area contributed by atoms with E-state index in [1.165, 1.54) is 6.07 Å². The van der Waals surface area contributed by atoms with Crippen molar-refractivity contribution in [2.75, 3.05) is 13.2 Å². The van der Waals surface area contributed by atoms with Crippen molar-refractivity contribution >= 4 is 16.7 Å². The summed E-state index contributed by atoms with van der Waals surface area (Å²) in [5.74, 6) is 0.436. The van der Waals surface area contributed by atoms with Crippen LogP contribution >= 0.6 is 0 Å². The smallest absolute Gasteiger partial charge is 0.280 e. The van der Waals surface area contributed by atoms with Crippen LogP contribution < -0.4 is 0 Å². The first-order valence-corrected chi connectivity index (χ1v) is 9.91. The first-order valence-electron chi connectivity index (χ1n) is 9.91. The van der Waals surface area contributed by atoms with Gasteiger partial charge >= 0.3 is 0 Å². The number of hydrogen-bond donors (Lipinski definition) is 1. The molecule has 2 aromatic carbocycles. The maximum absolute atomic E-state index is 11.7. The summed E-state index contributed by atoms with van der Waals surface area (Å²) in [6.07, 6.45) is -1.21. The number of para-hydroxylation sites is 2. The zero-order chi connectivity index (χ0) is 21.5. The molecule has 4 rings (SSSR count). The number of imidazole rings is 1. The Morgan fingerprint density at radius 3 is 2.57 bits per heavy atom. The molecule has 1 N–H and O–H groups in total. The Bertz CT molecular complexity index is 1080. The fraction of sp³-hybridized carbons (Fsp3) is 0.409. The van der Waals surface area contributed by atoms with Gasteiger partial charge in [0, 0.05) is 11.6 Å². The first kappa shape index (κ1) is 20.5. The van der Waals surface area contributed by atoms with Gasteiger partial charge in [0.25, 0.3) is 5.69 Å². The Morgan fingerprint density at radius 2 is 1.90 bits per heavy atom. The number of ether oxygens (including phenoxy) is 2. The number of nitrogens with zero attached hydrogens (tertiary/aromatic N) is 3. The minimum Gasteiger partial charge on any atom is -0.391 e. The van der Waals surface area contributed by atoms with Crippen molar-refractivity contribution in [3.63, 3.8) is 0 Å². The maximum atomic E-state index is 11.7. The third-order valence-electron chi connectivity index (χ3n) is 5.38. The molecule has 1 aromatic heterocycles. The summed E-state index contributed by atoms with van der Waals surface area (Å²) < 4.78 is 13.2. The average Bonchev–Trinajstić information content (AvgIpc) is 3.35. The molecule has 0 saturated carbocycles. The molecule has 1 aliphatic heterocycles. The predicted molar refractivity (Wildman–Crippen MR) is 112 cm³/mol. The number of nitro groups is 1. The first-order chi connectivity index (χ1) is 14.3. The van der Waals surface area contributed by atoms with E-state index in [2.05, 4.69) is 0 Å². The molecule has 0 aliphatic carbocycles. The molecule has 30 heavy (non-hydrogen) atoms. The summed E-state index contributed by atoms with van der Waals surface area (Å²) in [4.78, 5) is 16.0. The van der Waals surface area contributed by atoms with Gasteiger partial charge in [0.15, 0.2) is 6.29 Å². The van der Waals surface area contributed by atoms with E-state index in [9.17, 15) is 15.2 Å². The lowest BCUT2D eigenvalue weighted by Gasteiger charge is -2.27. The Labute approximate surface area is 174 Å². The summed E-state index contributed by atoms with van der Waals surface area (Å²) in [6.45, 7) is 7.10. The van der Waals surface area contributed by atoms with E-state index < -0.39 is 17.3 Å². The zero-order valence-electron chi connectivity index (χ0n) is 17.2. The Morgan fingerprint density at radius 1 is 1.20 bits per heavy atom. The molecule has 1 saturated heterocycles. The van der Waals surface area contributed by atoms with Gasteiger partial charge in [-0.3, -0.25) is 10.1 Å². The highest BCUT2D eigenvalue weighted by Crippen LogP contribution is 2.36. The number of aliphatic hydroxyl groups excluding tert-OH is 1. The number of hydrogen-bond acceptors (Lipinski definition) is 6. The van der Waals surface area contributed by atoms with Gasteiger partial charge in [-0.15, -0.1) is 0 Å². The van der Waals surface area contributed by atoms with E-state index >= 15 is 0 Å². The molecular weight excluding hydrogens is 386 g/mol. The standard InChI is InChI=1S/C22H25N3O5/c1-22(2,3)18(26)13-24-17-10-6-8-15(21-29-11-12-30-21)19(17)23-20(24)14-7-4-5-9-16(14)25(27)28/h4-10,18,21,26H,11-13H2,1-3H3/t18-/m1/s1. The van der Waals surface area contributed by atoms with Crippen molar-refractivity contribution in [2.24, 2.45) is 5.41 Å². The lowest BCUT2D eigenvalue weighted by molar-refractivity contribution is -0.384. The highest BCUT2D eigenvalue weighted by Gasteiger charge is 2.29. The third-order valence-corrected chi connectivity index (χ3v) is 5.38. The summed E-state index contributed by atoms with van der Waals surface area (Å²) in [7, 11) is 0. The molecule has 0 unspecified atom stereocenters. The van der Waals surface area contributed by atoms with Crippen molar-refractivity contribution < 1.29 is 19.5 Å². The molecule has 0 radical (unpaired) electrons. The van der Waals surface area contributed by atoms with Crippen molar-refractivity contribution in [3.8, 4) is 11.4 Å². The lowest BCUT2D eigenvalue weighted by Crippen LogP contribution is -2.30. The predicted octanol–water partition coefficient (Wildman–Crippen LogP) is 4.06. The maximum Gasteiger partial charge on any atom is 0.280 e. The minimum absolute atomic E-state index is 0.0331. The van der Waals surface area contributed by atoms with Gasteiger partial charge in [-0.2, -0.15) is 0 Å². The molecule has 158 valence electrons. The molecule has 0 bridgehead atoms. The second-order valence-corrected chi connectivity index (χ2v) is 8.49. The third kappa shape index (κ3) is 3.69. The normalized spacial score (nSPS) is 16.3. The molecular formula is C22H25N3O5. The minimum atomic E-state index is -0.681. The van der Waals surface area contributed by atoms with Gasteiger partial charge in [0.1, 0.15) is 5.82 Å². The van der Waals surface area contributed by atoms with Crippen LogP contribution in [0.2, 0.25) is 0 Å². The lowest BCUT2D eigenvalue weighted by atomic mass is 9.89. The highest BCUT2D eigenvalue weighted by atomic mass is 16.7. The van der Waals surface area contributed by atoms with Crippen LogP contribution in [0.5, 0.6) is 0 Å². The quantitative estimate of drug-likeness (QED) is 0.502. The zero-order valence-corrected chi connectivity index (χ0v) is 17.2. The number of nitro benzene ring substituents is 1. The second kappa shape index (κ2) is 7.79. The SMILES string of the molecule is CC(C)(C)[C@H](O)Cn1c(-c2ccccc2[N+](=O)[O-])nc2c(C3OCCO3)cccc21. The number of rotatable bonds is 5. The van der Waals surface area contributed by atoms with Crippen molar-refractivity contribution in [1.29, 1.82) is 0 Å². The summed E-state index contributed by atoms with van der Waals surface area (Å²) >= 11 is 0. The Hall–Kier alpha value is -2.81. The fourth-order valence-corrected chi connectivity index (χ4v) is 3.56. The second-order valence-electron chi connectivity index (χ2n) is 8.49. The van der Waals surface area contributed by atoms with E-state index in [-0.39, 0.29) is 17.6 Å². The highest BCUT2D eigenvalue weighted by molar-refractivity contribution is 5.85. The van der Waals surface area contributed by atoms with Crippen molar-refractivity contribution in [2.45, 2.75) is 39.7 Å². The largest absolute Gasteiger partial charge is 0.391 e. The summed E-state index contributed by atoms with van der Waals surface area (Å²) in [5, 5.41) is 22.5. The van der Waals surface area contributed by atoms with Crippen LogP contribution in [-0.2, 0) is 16.0 Å². The average molecular weight is 411 g/mol. The van der Waals surface area contributed by atoms with Crippen LogP contribution in [0, 0.1) is 15.5 Å². The van der Waals surface area contributed by atoms with Gasteiger partial charge in [-0.05, 0) is 17.5 Å². The molecule has 8 heteroatoms. The topological polar surface area (TPSA) is 99.7 Å². The molecule has 1 atom stereocenters. The summed E-state index contributed by atoms with van der Waals surface area (Å²) in [5.41, 5.74) is 2.19. The number of fused-ring (bicyclic) bond motifs is 1. The van der Waals surface area contributed by atoms with Crippen LogP contribution in [0.15, 0.2) is 42.5 Å². The van der Waals surface area contributed by atoms with Gasteiger partial charge in [0.05, 0.1) is 47.4 Å². The van der Waals surface area contributed by atoms with Gasteiger partial charge in [0.2, 0.25) is 0 Å². The van der Waals surface area contributed by atoms with E-state index in [0.29, 0.717) is 30.1 Å². The van der Waals surface area contributed by atoms with Crippen LogP contribution in [-0.4, -0.2) is 38.9 Å². The monoisotopic (exact) mass is 411 g/mol. The fourth-order valence-electron chi connectivity index (χ4n) is 3.56. The number of aromatic nitrogens is 2. The van der Waals surface area contributed by atoms with Gasteiger partial charge < -0.3 is 19.1 Å². The molecule has 0 spiro atoms. The van der Waals surface area contributed by atoms with Crippen molar-refractivity contribution in [3.05, 3.63) is 58.1 Å². The molecule has 1 aliphatic rings. The Kier molecular flexibility index (Phi) is 5.31.